The molecule has 3 rings (SSSR count). The molecule has 1 saturated heterocycles. The van der Waals surface area contributed by atoms with Crippen LogP contribution in [0.4, 0.5) is 0 Å². The molecule has 0 spiro atoms. The number of aliphatic hydroxyl groups is 1. The number of hydrogen-bond acceptors (Lipinski definition) is 6. The van der Waals surface area contributed by atoms with E-state index in [4.69, 9.17) is 14.6 Å². The molecule has 2 atom stereocenters. The highest BCUT2D eigenvalue weighted by atomic mass is 16.5. The fraction of sp³-hybridized carbons (Fsp3) is 0.500. The number of aliphatic hydroxyl groups excluding tert-OH is 1. The Labute approximate surface area is 150 Å². The Morgan fingerprint density at radius 3 is 3.12 bits per heavy atom. The Balaban J connectivity index is 1.58. The molecular weight excluding hydrogens is 338 g/mol. The molecule has 140 valence electrons. The fourth-order valence-electron chi connectivity index (χ4n) is 3.02. The molecule has 1 aliphatic rings. The smallest absolute Gasteiger partial charge is 0.261 e. The van der Waals surface area contributed by atoms with Crippen molar-refractivity contribution in [3.63, 3.8) is 0 Å². The SMILES string of the molecule is O=C(CCn1cnc2ccccc2c1=O)N[C@@H]1COCC[C@@H]1OCCO. The number of fused-ring (bicyclic) bond motifs is 1. The van der Waals surface area contributed by atoms with Crippen LogP contribution in [0.15, 0.2) is 35.4 Å². The van der Waals surface area contributed by atoms with E-state index < -0.39 is 0 Å². The molecule has 0 unspecified atom stereocenters. The molecule has 2 heterocycles. The number of amides is 1. The number of carbonyl (C=O) groups excluding carboxylic acids is 1. The summed E-state index contributed by atoms with van der Waals surface area (Å²) in [4.78, 5) is 28.9. The third kappa shape index (κ3) is 4.46. The van der Waals surface area contributed by atoms with E-state index in [1.165, 1.54) is 10.9 Å². The molecular formula is C18H23N3O5. The second-order valence-corrected chi connectivity index (χ2v) is 6.18. The molecule has 0 bridgehead atoms. The molecule has 2 N–H and O–H groups in total. The first-order valence-corrected chi connectivity index (χ1v) is 8.73. The molecule has 0 radical (unpaired) electrons. The van der Waals surface area contributed by atoms with E-state index in [9.17, 15) is 9.59 Å². The predicted molar refractivity (Wildman–Crippen MR) is 94.8 cm³/mol. The highest BCUT2D eigenvalue weighted by Gasteiger charge is 2.27. The Bertz CT molecular complexity index is 807. The van der Waals surface area contributed by atoms with Gasteiger partial charge in [-0.25, -0.2) is 4.98 Å². The van der Waals surface area contributed by atoms with Gasteiger partial charge in [-0.15, -0.1) is 0 Å². The van der Waals surface area contributed by atoms with E-state index in [2.05, 4.69) is 10.3 Å². The Morgan fingerprint density at radius 1 is 1.42 bits per heavy atom. The van der Waals surface area contributed by atoms with Crippen LogP contribution in [-0.4, -0.2) is 59.1 Å². The number of benzene rings is 1. The van der Waals surface area contributed by atoms with Gasteiger partial charge in [-0.3, -0.25) is 14.2 Å². The van der Waals surface area contributed by atoms with Crippen LogP contribution in [0, 0.1) is 0 Å². The first-order chi connectivity index (χ1) is 12.7. The van der Waals surface area contributed by atoms with E-state index in [0.29, 0.717) is 30.5 Å². The Hall–Kier alpha value is -2.29. The van der Waals surface area contributed by atoms with E-state index in [1.54, 1.807) is 18.2 Å². The minimum Gasteiger partial charge on any atom is -0.394 e. The summed E-state index contributed by atoms with van der Waals surface area (Å²) in [6, 6.07) is 6.87. The lowest BCUT2D eigenvalue weighted by Crippen LogP contribution is -2.51. The molecule has 1 fully saturated rings. The quantitative estimate of drug-likeness (QED) is 0.723. The number of rotatable bonds is 7. The number of hydrogen-bond donors (Lipinski definition) is 2. The average molecular weight is 361 g/mol. The van der Waals surface area contributed by atoms with Gasteiger partial charge >= 0.3 is 0 Å². The minimum absolute atomic E-state index is 0.0596. The van der Waals surface area contributed by atoms with Gasteiger partial charge in [0.2, 0.25) is 5.91 Å². The van der Waals surface area contributed by atoms with Crippen molar-refractivity contribution in [2.24, 2.45) is 0 Å². The highest BCUT2D eigenvalue weighted by molar-refractivity contribution is 5.77. The van der Waals surface area contributed by atoms with Gasteiger partial charge in [0.05, 0.1) is 49.2 Å². The monoisotopic (exact) mass is 361 g/mol. The van der Waals surface area contributed by atoms with E-state index in [0.717, 1.165) is 0 Å². The van der Waals surface area contributed by atoms with Crippen molar-refractivity contribution >= 4 is 16.8 Å². The van der Waals surface area contributed by atoms with Crippen molar-refractivity contribution in [2.45, 2.75) is 31.5 Å². The second-order valence-electron chi connectivity index (χ2n) is 6.18. The summed E-state index contributed by atoms with van der Waals surface area (Å²) >= 11 is 0. The van der Waals surface area contributed by atoms with Crippen LogP contribution < -0.4 is 10.9 Å². The molecule has 8 heteroatoms. The molecule has 2 aromatic rings. The summed E-state index contributed by atoms with van der Waals surface area (Å²) in [7, 11) is 0. The zero-order valence-electron chi connectivity index (χ0n) is 14.5. The lowest BCUT2D eigenvalue weighted by atomic mass is 10.1. The summed E-state index contributed by atoms with van der Waals surface area (Å²) in [6.07, 6.45) is 2.11. The van der Waals surface area contributed by atoms with Crippen molar-refractivity contribution in [2.75, 3.05) is 26.4 Å². The maximum absolute atomic E-state index is 12.4. The Kier molecular flexibility index (Phi) is 6.32. The maximum Gasteiger partial charge on any atom is 0.261 e. The molecule has 1 aromatic heterocycles. The molecule has 1 aromatic carbocycles. The second kappa shape index (κ2) is 8.88. The molecule has 0 saturated carbocycles. The van der Waals surface area contributed by atoms with Gasteiger partial charge < -0.3 is 19.9 Å². The van der Waals surface area contributed by atoms with Gasteiger partial charge in [0.25, 0.3) is 5.56 Å². The van der Waals surface area contributed by atoms with Gasteiger partial charge in [-0.05, 0) is 18.6 Å². The van der Waals surface area contributed by atoms with Gasteiger partial charge in [-0.1, -0.05) is 12.1 Å². The minimum atomic E-state index is -0.255. The van der Waals surface area contributed by atoms with Crippen LogP contribution in [0.25, 0.3) is 10.9 Å². The van der Waals surface area contributed by atoms with Crippen LogP contribution in [0.1, 0.15) is 12.8 Å². The van der Waals surface area contributed by atoms with E-state index in [1.807, 2.05) is 6.07 Å². The summed E-state index contributed by atoms with van der Waals surface area (Å²) in [6.45, 7) is 1.36. The molecule has 26 heavy (non-hydrogen) atoms. The predicted octanol–water partition coefficient (Wildman–Crippen LogP) is 0.0692. The van der Waals surface area contributed by atoms with Crippen molar-refractivity contribution < 1.29 is 19.4 Å². The summed E-state index contributed by atoms with van der Waals surface area (Å²) in [5, 5.41) is 12.3. The van der Waals surface area contributed by atoms with Crippen molar-refractivity contribution in [1.29, 1.82) is 0 Å². The van der Waals surface area contributed by atoms with E-state index >= 15 is 0 Å². The number of aryl methyl sites for hydroxylation is 1. The van der Waals surface area contributed by atoms with E-state index in [-0.39, 0.29) is 49.8 Å². The number of nitrogens with one attached hydrogen (secondary N) is 1. The van der Waals surface area contributed by atoms with Crippen LogP contribution in [0.2, 0.25) is 0 Å². The lowest BCUT2D eigenvalue weighted by molar-refractivity contribution is -0.126. The number of para-hydroxylation sites is 1. The topological polar surface area (TPSA) is 103 Å². The average Bonchev–Trinajstić information content (AvgIpc) is 2.67. The zero-order valence-corrected chi connectivity index (χ0v) is 14.5. The summed E-state index contributed by atoms with van der Waals surface area (Å²) in [5.41, 5.74) is 0.481. The highest BCUT2D eigenvalue weighted by Crippen LogP contribution is 2.12. The summed E-state index contributed by atoms with van der Waals surface area (Å²) in [5.74, 6) is -0.182. The normalized spacial score (nSPS) is 20.2. The van der Waals surface area contributed by atoms with Crippen molar-refractivity contribution in [1.82, 2.24) is 14.9 Å². The fourth-order valence-corrected chi connectivity index (χ4v) is 3.02. The lowest BCUT2D eigenvalue weighted by Gasteiger charge is -2.32. The molecule has 1 amide bonds. The third-order valence-corrected chi connectivity index (χ3v) is 4.37. The van der Waals surface area contributed by atoms with Gasteiger partial charge in [0.15, 0.2) is 0 Å². The van der Waals surface area contributed by atoms with Gasteiger partial charge in [-0.2, -0.15) is 0 Å². The van der Waals surface area contributed by atoms with Crippen LogP contribution in [0.5, 0.6) is 0 Å². The number of ether oxygens (including phenoxy) is 2. The first kappa shape index (κ1) is 18.5. The number of aromatic nitrogens is 2. The summed E-state index contributed by atoms with van der Waals surface area (Å²) < 4.78 is 12.4. The largest absolute Gasteiger partial charge is 0.394 e. The number of carbonyl (C=O) groups is 1. The van der Waals surface area contributed by atoms with Crippen LogP contribution in [-0.2, 0) is 20.8 Å². The van der Waals surface area contributed by atoms with Gasteiger partial charge in [0, 0.05) is 19.6 Å². The third-order valence-electron chi connectivity index (χ3n) is 4.37. The number of nitrogens with zero attached hydrogens (tertiary/aromatic N) is 2. The Morgan fingerprint density at radius 2 is 2.27 bits per heavy atom. The van der Waals surface area contributed by atoms with Crippen LogP contribution >= 0.6 is 0 Å². The standard InChI is InChI=1S/C18H23N3O5/c22-8-10-26-16-6-9-25-11-15(16)20-17(23)5-7-21-12-19-14-4-2-1-3-13(14)18(21)24/h1-4,12,15-16,22H,5-11H2,(H,20,23)/t15-,16+/m1/s1. The molecule has 0 aliphatic carbocycles. The maximum atomic E-state index is 12.4. The molecule has 1 aliphatic heterocycles. The van der Waals surface area contributed by atoms with Crippen molar-refractivity contribution in [3.8, 4) is 0 Å². The van der Waals surface area contributed by atoms with Crippen molar-refractivity contribution in [3.05, 3.63) is 40.9 Å². The zero-order chi connectivity index (χ0) is 18.4. The molecule has 8 nitrogen and oxygen atoms in total. The van der Waals surface area contributed by atoms with Crippen LogP contribution in [0.3, 0.4) is 0 Å². The first-order valence-electron chi connectivity index (χ1n) is 8.73. The van der Waals surface area contributed by atoms with Gasteiger partial charge in [0.1, 0.15) is 0 Å².